The number of nitro groups is 1. The van der Waals surface area contributed by atoms with Crippen LogP contribution in [0, 0.1) is 10.1 Å². The second-order valence-corrected chi connectivity index (χ2v) is 5.84. The van der Waals surface area contributed by atoms with Crippen molar-refractivity contribution >= 4 is 27.3 Å². The smallest absolute Gasteiger partial charge is 0.275 e. The van der Waals surface area contributed by atoms with Gasteiger partial charge in [0.15, 0.2) is 5.03 Å². The Hall–Kier alpha value is -1.97. The summed E-state index contributed by atoms with van der Waals surface area (Å²) in [7, 11) is -3.91. The Morgan fingerprint density at radius 1 is 1.45 bits per heavy atom. The van der Waals surface area contributed by atoms with Crippen molar-refractivity contribution in [2.45, 2.75) is 11.6 Å². The van der Waals surface area contributed by atoms with Crippen LogP contribution in [0.25, 0.3) is 0 Å². The van der Waals surface area contributed by atoms with Crippen LogP contribution >= 0.6 is 11.6 Å². The summed E-state index contributed by atoms with van der Waals surface area (Å²) in [6.45, 7) is 0.0124. The minimum atomic E-state index is -3.91. The fraction of sp³-hybridized carbons (Fsp3) is 0.100. The van der Waals surface area contributed by atoms with E-state index < -0.39 is 14.9 Å². The van der Waals surface area contributed by atoms with Gasteiger partial charge in [0.05, 0.1) is 28.4 Å². The quantitative estimate of drug-likeness (QED) is 0.669. The molecular weight excluding hydrogens is 308 g/mol. The molecule has 10 heteroatoms. The second kappa shape index (κ2) is 5.19. The van der Waals surface area contributed by atoms with Crippen LogP contribution in [0.3, 0.4) is 0 Å². The van der Waals surface area contributed by atoms with E-state index in [9.17, 15) is 18.5 Å². The minimum absolute atomic E-state index is 0.0124. The van der Waals surface area contributed by atoms with Gasteiger partial charge in [0, 0.05) is 12.3 Å². The highest BCUT2D eigenvalue weighted by molar-refractivity contribution is 7.89. The van der Waals surface area contributed by atoms with Gasteiger partial charge in [-0.1, -0.05) is 17.7 Å². The zero-order valence-electron chi connectivity index (χ0n) is 9.93. The van der Waals surface area contributed by atoms with E-state index in [-0.39, 0.29) is 27.8 Å². The molecule has 0 radical (unpaired) electrons. The molecule has 1 aromatic carbocycles. The maximum absolute atomic E-state index is 11.1. The molecule has 0 atom stereocenters. The third-order valence-electron chi connectivity index (χ3n) is 2.53. The molecule has 0 saturated carbocycles. The van der Waals surface area contributed by atoms with Gasteiger partial charge in [-0.25, -0.2) is 18.5 Å². The molecule has 106 valence electrons. The van der Waals surface area contributed by atoms with E-state index in [0.717, 1.165) is 0 Å². The van der Waals surface area contributed by atoms with Crippen LogP contribution in [-0.2, 0) is 16.6 Å². The van der Waals surface area contributed by atoms with Crippen molar-refractivity contribution in [2.75, 3.05) is 0 Å². The Labute approximate surface area is 119 Å². The summed E-state index contributed by atoms with van der Waals surface area (Å²) in [6.07, 6.45) is 2.40. The molecule has 0 fully saturated rings. The summed E-state index contributed by atoms with van der Waals surface area (Å²) in [6, 6.07) is 4.30. The predicted octanol–water partition coefficient (Wildman–Crippen LogP) is 1.14. The molecule has 1 heterocycles. The monoisotopic (exact) mass is 316 g/mol. The molecular formula is C10H9ClN4O4S. The molecule has 0 amide bonds. The molecule has 0 saturated heterocycles. The maximum Gasteiger partial charge on any atom is 0.275 e. The van der Waals surface area contributed by atoms with Gasteiger partial charge >= 0.3 is 0 Å². The second-order valence-electron chi connectivity index (χ2n) is 3.92. The van der Waals surface area contributed by atoms with E-state index in [2.05, 4.69) is 4.98 Å². The van der Waals surface area contributed by atoms with Crippen molar-refractivity contribution in [3.8, 4) is 0 Å². The van der Waals surface area contributed by atoms with Crippen molar-refractivity contribution in [3.63, 3.8) is 0 Å². The maximum atomic E-state index is 11.1. The minimum Gasteiger partial charge on any atom is -0.331 e. The van der Waals surface area contributed by atoms with Gasteiger partial charge in [0.2, 0.25) is 0 Å². The van der Waals surface area contributed by atoms with Crippen LogP contribution < -0.4 is 5.14 Å². The standard InChI is InChI=1S/C10H9ClN4O4S/c11-8-2-1-3-9(15(16)17)7(8)4-14-5-10(13-6-14)20(12,18)19/h1-3,5-6H,4H2,(H2,12,18,19). The number of hydrogen-bond acceptors (Lipinski definition) is 5. The molecule has 0 aliphatic rings. The lowest BCUT2D eigenvalue weighted by molar-refractivity contribution is -0.385. The van der Waals surface area contributed by atoms with Crippen LogP contribution in [-0.4, -0.2) is 22.9 Å². The van der Waals surface area contributed by atoms with Gasteiger partial charge in [-0.05, 0) is 6.07 Å². The average molecular weight is 317 g/mol. The Kier molecular flexibility index (Phi) is 3.75. The number of benzene rings is 1. The summed E-state index contributed by atoms with van der Waals surface area (Å²) in [5.41, 5.74) is 0.112. The Morgan fingerprint density at radius 3 is 2.70 bits per heavy atom. The molecule has 1 aromatic heterocycles. The topological polar surface area (TPSA) is 121 Å². The van der Waals surface area contributed by atoms with E-state index in [1.807, 2.05) is 0 Å². The number of rotatable bonds is 4. The molecule has 20 heavy (non-hydrogen) atoms. The highest BCUT2D eigenvalue weighted by Crippen LogP contribution is 2.27. The number of imidazole rings is 1. The summed E-state index contributed by atoms with van der Waals surface area (Å²) in [5, 5.41) is 15.8. The number of primary sulfonamides is 1. The van der Waals surface area contributed by atoms with Crippen molar-refractivity contribution in [3.05, 3.63) is 51.4 Å². The Bertz CT molecular complexity index is 771. The number of nitrogens with zero attached hydrogens (tertiary/aromatic N) is 3. The first-order valence-electron chi connectivity index (χ1n) is 5.25. The Balaban J connectivity index is 2.40. The molecule has 2 aromatic rings. The highest BCUT2D eigenvalue weighted by atomic mass is 35.5. The van der Waals surface area contributed by atoms with Gasteiger partial charge in [0.1, 0.15) is 0 Å². The average Bonchev–Trinajstić information content (AvgIpc) is 2.79. The summed E-state index contributed by atoms with van der Waals surface area (Å²) >= 11 is 5.94. The fourth-order valence-electron chi connectivity index (χ4n) is 1.63. The van der Waals surface area contributed by atoms with Crippen LogP contribution in [0.1, 0.15) is 5.56 Å². The first-order valence-corrected chi connectivity index (χ1v) is 7.18. The SMILES string of the molecule is NS(=O)(=O)c1cn(Cc2c(Cl)cccc2[N+](=O)[O-])cn1. The third kappa shape index (κ3) is 2.95. The molecule has 8 nitrogen and oxygen atoms in total. The van der Waals surface area contributed by atoms with Crippen LogP contribution in [0.2, 0.25) is 5.02 Å². The van der Waals surface area contributed by atoms with Gasteiger partial charge < -0.3 is 4.57 Å². The largest absolute Gasteiger partial charge is 0.331 e. The van der Waals surface area contributed by atoms with Crippen molar-refractivity contribution < 1.29 is 13.3 Å². The van der Waals surface area contributed by atoms with E-state index in [0.29, 0.717) is 0 Å². The summed E-state index contributed by atoms with van der Waals surface area (Å²) in [4.78, 5) is 14.0. The number of aromatic nitrogens is 2. The molecule has 0 bridgehead atoms. The van der Waals surface area contributed by atoms with E-state index >= 15 is 0 Å². The van der Waals surface area contributed by atoms with E-state index in [1.165, 1.54) is 35.3 Å². The van der Waals surface area contributed by atoms with Crippen LogP contribution in [0.15, 0.2) is 35.7 Å². The number of sulfonamides is 1. The fourth-order valence-corrected chi connectivity index (χ4v) is 2.34. The van der Waals surface area contributed by atoms with Crippen molar-refractivity contribution in [1.82, 2.24) is 9.55 Å². The van der Waals surface area contributed by atoms with E-state index in [1.54, 1.807) is 0 Å². The van der Waals surface area contributed by atoms with Crippen molar-refractivity contribution in [2.24, 2.45) is 5.14 Å². The lowest BCUT2D eigenvalue weighted by Gasteiger charge is -2.05. The number of halogens is 1. The predicted molar refractivity (Wildman–Crippen MR) is 70.8 cm³/mol. The lowest BCUT2D eigenvalue weighted by Crippen LogP contribution is -2.12. The van der Waals surface area contributed by atoms with Gasteiger partial charge in [-0.3, -0.25) is 10.1 Å². The third-order valence-corrected chi connectivity index (χ3v) is 3.68. The van der Waals surface area contributed by atoms with Gasteiger partial charge in [0.25, 0.3) is 15.7 Å². The van der Waals surface area contributed by atoms with E-state index in [4.69, 9.17) is 16.7 Å². The number of nitro benzene ring substituents is 1. The highest BCUT2D eigenvalue weighted by Gasteiger charge is 2.18. The van der Waals surface area contributed by atoms with Gasteiger partial charge in [-0.15, -0.1) is 0 Å². The zero-order valence-corrected chi connectivity index (χ0v) is 11.5. The summed E-state index contributed by atoms with van der Waals surface area (Å²) in [5.74, 6) is 0. The molecule has 0 aliphatic heterocycles. The zero-order chi connectivity index (χ0) is 14.9. The van der Waals surface area contributed by atoms with Crippen molar-refractivity contribution in [1.29, 1.82) is 0 Å². The number of nitrogens with two attached hydrogens (primary N) is 1. The van der Waals surface area contributed by atoms with Crippen LogP contribution in [0.5, 0.6) is 0 Å². The van der Waals surface area contributed by atoms with Gasteiger partial charge in [-0.2, -0.15) is 0 Å². The molecule has 0 aliphatic carbocycles. The first-order chi connectivity index (χ1) is 9.29. The normalized spacial score (nSPS) is 11.5. The molecule has 2 rings (SSSR count). The summed E-state index contributed by atoms with van der Waals surface area (Å²) < 4.78 is 23.6. The molecule has 0 spiro atoms. The first kappa shape index (κ1) is 14.4. The van der Waals surface area contributed by atoms with Crippen LogP contribution in [0.4, 0.5) is 5.69 Å². The number of hydrogen-bond donors (Lipinski definition) is 1. The molecule has 2 N–H and O–H groups in total. The molecule has 0 unspecified atom stereocenters. The Morgan fingerprint density at radius 2 is 2.15 bits per heavy atom. The lowest BCUT2D eigenvalue weighted by atomic mass is 10.2.